The average Bonchev–Trinajstić information content (AvgIpc) is 2.81. The van der Waals surface area contributed by atoms with Gasteiger partial charge in [-0.15, -0.1) is 0 Å². The van der Waals surface area contributed by atoms with Crippen LogP contribution in [-0.2, 0) is 0 Å². The number of nitrogens with zero attached hydrogens (tertiary/aromatic N) is 1. The second-order valence-electron chi connectivity index (χ2n) is 4.84. The number of hydrogen-bond acceptors (Lipinski definition) is 2. The molecule has 2 unspecified atom stereocenters. The summed E-state index contributed by atoms with van der Waals surface area (Å²) in [5.41, 5.74) is 0. The van der Waals surface area contributed by atoms with Crippen molar-refractivity contribution >= 4 is 0 Å². The summed E-state index contributed by atoms with van der Waals surface area (Å²) in [6.07, 6.45) is 4.05. The summed E-state index contributed by atoms with van der Waals surface area (Å²) in [6, 6.07) is 0. The molecule has 0 heterocycles. The van der Waals surface area contributed by atoms with Gasteiger partial charge in [-0.25, -0.2) is 0 Å². The molecule has 84 valence electrons. The highest BCUT2D eigenvalue weighted by molar-refractivity contribution is 4.84. The van der Waals surface area contributed by atoms with E-state index in [4.69, 9.17) is 0 Å². The zero-order valence-corrected chi connectivity index (χ0v) is 10.1. The molecule has 0 aliphatic heterocycles. The van der Waals surface area contributed by atoms with Crippen LogP contribution in [0.5, 0.6) is 0 Å². The van der Waals surface area contributed by atoms with Crippen LogP contribution < -0.4 is 5.32 Å². The largest absolute Gasteiger partial charge is 0.315 e. The van der Waals surface area contributed by atoms with E-state index in [0.29, 0.717) is 0 Å². The topological polar surface area (TPSA) is 15.3 Å². The van der Waals surface area contributed by atoms with Crippen LogP contribution in [0.2, 0.25) is 0 Å². The summed E-state index contributed by atoms with van der Waals surface area (Å²) < 4.78 is 0. The van der Waals surface area contributed by atoms with Crippen LogP contribution >= 0.6 is 0 Å². The molecule has 0 radical (unpaired) electrons. The summed E-state index contributed by atoms with van der Waals surface area (Å²) in [7, 11) is 2.24. The van der Waals surface area contributed by atoms with E-state index in [-0.39, 0.29) is 0 Å². The predicted octanol–water partition coefficient (Wildman–Crippen LogP) is 1.96. The second kappa shape index (κ2) is 6.41. The Hall–Kier alpha value is -0.0800. The molecule has 0 aromatic carbocycles. The molecular weight excluding hydrogens is 172 g/mol. The van der Waals surface area contributed by atoms with Crippen molar-refractivity contribution in [1.29, 1.82) is 0 Å². The summed E-state index contributed by atoms with van der Waals surface area (Å²) >= 11 is 0. The first kappa shape index (κ1) is 12.0. The van der Waals surface area contributed by atoms with E-state index >= 15 is 0 Å². The maximum absolute atomic E-state index is 3.48. The first-order valence-electron chi connectivity index (χ1n) is 6.13. The van der Waals surface area contributed by atoms with E-state index in [2.05, 4.69) is 31.1 Å². The van der Waals surface area contributed by atoms with E-state index < -0.39 is 0 Å². The van der Waals surface area contributed by atoms with E-state index in [1.165, 1.54) is 38.9 Å². The molecule has 0 saturated heterocycles. The van der Waals surface area contributed by atoms with E-state index in [0.717, 1.165) is 18.4 Å². The molecule has 1 saturated carbocycles. The number of unbranched alkanes of at least 4 members (excludes halogenated alkanes) is 1. The van der Waals surface area contributed by atoms with Crippen molar-refractivity contribution in [3.05, 3.63) is 0 Å². The molecule has 0 aromatic heterocycles. The molecule has 2 atom stereocenters. The van der Waals surface area contributed by atoms with Gasteiger partial charge in [-0.05, 0) is 38.3 Å². The van der Waals surface area contributed by atoms with Crippen molar-refractivity contribution < 1.29 is 0 Å². The summed E-state index contributed by atoms with van der Waals surface area (Å²) in [6.45, 7) is 9.44. The van der Waals surface area contributed by atoms with E-state index in [1.807, 2.05) is 0 Å². The van der Waals surface area contributed by atoms with Crippen molar-refractivity contribution in [2.24, 2.45) is 11.8 Å². The Bertz CT molecular complexity index is 147. The van der Waals surface area contributed by atoms with Gasteiger partial charge < -0.3 is 10.2 Å². The summed E-state index contributed by atoms with van der Waals surface area (Å²) in [4.78, 5) is 2.47. The number of likely N-dealkylation sites (N-methyl/N-ethyl adjacent to an activating group) is 1. The Morgan fingerprint density at radius 1 is 1.36 bits per heavy atom. The normalized spacial score (nSPS) is 25.7. The van der Waals surface area contributed by atoms with Crippen LogP contribution in [0.25, 0.3) is 0 Å². The maximum atomic E-state index is 3.48. The molecule has 0 bridgehead atoms. The lowest BCUT2D eigenvalue weighted by Crippen LogP contribution is -2.31. The highest BCUT2D eigenvalue weighted by Crippen LogP contribution is 2.37. The average molecular weight is 198 g/mol. The minimum Gasteiger partial charge on any atom is -0.315 e. The SMILES string of the molecule is CCCCNCCN(C)CC1CC1C. The fourth-order valence-electron chi connectivity index (χ4n) is 1.84. The Balaban J connectivity index is 1.85. The molecule has 1 rings (SSSR count). The van der Waals surface area contributed by atoms with Gasteiger partial charge in [-0.3, -0.25) is 0 Å². The third-order valence-electron chi connectivity index (χ3n) is 3.20. The summed E-state index contributed by atoms with van der Waals surface area (Å²) in [5.74, 6) is 1.99. The highest BCUT2D eigenvalue weighted by Gasteiger charge is 2.32. The molecule has 1 fully saturated rings. The Kier molecular flexibility index (Phi) is 5.49. The summed E-state index contributed by atoms with van der Waals surface area (Å²) in [5, 5.41) is 3.48. The monoisotopic (exact) mass is 198 g/mol. The third-order valence-corrected chi connectivity index (χ3v) is 3.20. The van der Waals surface area contributed by atoms with Gasteiger partial charge in [0.25, 0.3) is 0 Å². The van der Waals surface area contributed by atoms with Gasteiger partial charge in [-0.2, -0.15) is 0 Å². The predicted molar refractivity (Wildman–Crippen MR) is 62.5 cm³/mol. The van der Waals surface area contributed by atoms with Gasteiger partial charge in [-0.1, -0.05) is 20.3 Å². The maximum Gasteiger partial charge on any atom is 0.0104 e. The highest BCUT2D eigenvalue weighted by atomic mass is 15.1. The van der Waals surface area contributed by atoms with Gasteiger partial charge in [0.15, 0.2) is 0 Å². The number of rotatable bonds is 8. The molecule has 0 aromatic rings. The molecule has 14 heavy (non-hydrogen) atoms. The van der Waals surface area contributed by atoms with Gasteiger partial charge in [0.05, 0.1) is 0 Å². The van der Waals surface area contributed by atoms with Crippen LogP contribution in [0.3, 0.4) is 0 Å². The molecule has 1 aliphatic carbocycles. The standard InChI is InChI=1S/C12H26N2/c1-4-5-6-13-7-8-14(3)10-12-9-11(12)2/h11-13H,4-10H2,1-3H3. The van der Waals surface area contributed by atoms with Crippen LogP contribution in [0, 0.1) is 11.8 Å². The minimum absolute atomic E-state index is 0.991. The molecule has 1 aliphatic rings. The van der Waals surface area contributed by atoms with Gasteiger partial charge in [0, 0.05) is 19.6 Å². The van der Waals surface area contributed by atoms with Crippen molar-refractivity contribution in [3.8, 4) is 0 Å². The third kappa shape index (κ3) is 4.97. The molecule has 2 heteroatoms. The zero-order chi connectivity index (χ0) is 10.4. The van der Waals surface area contributed by atoms with Gasteiger partial charge in [0.1, 0.15) is 0 Å². The van der Waals surface area contributed by atoms with Crippen LogP contribution in [0.15, 0.2) is 0 Å². The lowest BCUT2D eigenvalue weighted by atomic mass is 10.3. The first-order valence-corrected chi connectivity index (χ1v) is 6.13. The minimum atomic E-state index is 0.991. The lowest BCUT2D eigenvalue weighted by molar-refractivity contribution is 0.313. The Morgan fingerprint density at radius 2 is 2.07 bits per heavy atom. The molecule has 2 nitrogen and oxygen atoms in total. The smallest absolute Gasteiger partial charge is 0.0104 e. The fourth-order valence-corrected chi connectivity index (χ4v) is 1.84. The lowest BCUT2D eigenvalue weighted by Gasteiger charge is -2.16. The van der Waals surface area contributed by atoms with Crippen LogP contribution in [0.1, 0.15) is 33.1 Å². The quantitative estimate of drug-likeness (QED) is 0.600. The Labute approximate surface area is 89.1 Å². The van der Waals surface area contributed by atoms with Crippen molar-refractivity contribution in [1.82, 2.24) is 10.2 Å². The second-order valence-corrected chi connectivity index (χ2v) is 4.84. The molecule has 0 spiro atoms. The molecule has 0 amide bonds. The number of nitrogens with one attached hydrogen (secondary N) is 1. The van der Waals surface area contributed by atoms with E-state index in [1.54, 1.807) is 0 Å². The van der Waals surface area contributed by atoms with Crippen LogP contribution in [0.4, 0.5) is 0 Å². The van der Waals surface area contributed by atoms with Gasteiger partial charge >= 0.3 is 0 Å². The number of hydrogen-bond donors (Lipinski definition) is 1. The van der Waals surface area contributed by atoms with Gasteiger partial charge in [0.2, 0.25) is 0 Å². The van der Waals surface area contributed by atoms with Crippen molar-refractivity contribution in [2.45, 2.75) is 33.1 Å². The molecule has 1 N–H and O–H groups in total. The Morgan fingerprint density at radius 3 is 2.64 bits per heavy atom. The first-order chi connectivity index (χ1) is 6.74. The van der Waals surface area contributed by atoms with E-state index in [9.17, 15) is 0 Å². The van der Waals surface area contributed by atoms with Crippen molar-refractivity contribution in [2.75, 3.05) is 33.2 Å². The molecular formula is C12H26N2. The van der Waals surface area contributed by atoms with Crippen molar-refractivity contribution in [3.63, 3.8) is 0 Å². The fraction of sp³-hybridized carbons (Fsp3) is 1.00. The van der Waals surface area contributed by atoms with Crippen LogP contribution in [-0.4, -0.2) is 38.1 Å². The zero-order valence-electron chi connectivity index (χ0n) is 10.1.